The molecule has 0 saturated carbocycles. The summed E-state index contributed by atoms with van der Waals surface area (Å²) >= 11 is 0. The molecule has 202 valence electrons. The number of aryl methyl sites for hydroxylation is 1. The number of nitrogens with zero attached hydrogens (tertiary/aromatic N) is 2. The number of benzene rings is 1. The minimum Gasteiger partial charge on any atom is -0.384 e. The molecule has 3 nitrogen and oxygen atoms in total. The van der Waals surface area contributed by atoms with Crippen molar-refractivity contribution >= 4 is 6.72 Å². The first kappa shape index (κ1) is 29.2. The number of nitrogens with two attached hydrogens (primary N) is 1. The summed E-state index contributed by atoms with van der Waals surface area (Å²) in [5.74, 6) is 0.456. The molecule has 1 unspecified atom stereocenters. The molecule has 1 aliphatic heterocycles. The molecule has 1 aromatic rings. The van der Waals surface area contributed by atoms with E-state index in [0.29, 0.717) is 5.82 Å². The zero-order valence-corrected chi connectivity index (χ0v) is 23.9. The van der Waals surface area contributed by atoms with Gasteiger partial charge in [0.1, 0.15) is 5.82 Å². The van der Waals surface area contributed by atoms with Gasteiger partial charge in [-0.25, -0.2) is 4.99 Å². The third kappa shape index (κ3) is 9.14. The zero-order chi connectivity index (χ0) is 26.5. The summed E-state index contributed by atoms with van der Waals surface area (Å²) in [6.07, 6.45) is 25.1. The Balaban J connectivity index is 1.52. The minimum atomic E-state index is 0.456. The second-order valence-electron chi connectivity index (χ2n) is 11.1. The van der Waals surface area contributed by atoms with E-state index in [0.717, 1.165) is 18.9 Å². The normalized spacial score (nSPS) is 17.4. The van der Waals surface area contributed by atoms with E-state index in [9.17, 15) is 0 Å². The molecule has 2 N–H and O–H groups in total. The van der Waals surface area contributed by atoms with Crippen molar-refractivity contribution in [3.63, 3.8) is 0 Å². The van der Waals surface area contributed by atoms with Gasteiger partial charge in [-0.15, -0.1) is 0 Å². The number of rotatable bonds is 16. The van der Waals surface area contributed by atoms with E-state index in [1.807, 2.05) is 12.2 Å². The smallest absolute Gasteiger partial charge is 0.122 e. The molecule has 0 bridgehead atoms. The number of unbranched alkanes of at least 4 members (excludes halogenated alkanes) is 3. The standard InChI is InChI=1S/C34H51N3/c1-5-7-8-9-19-32(14-6-2)37-23-22-30-24-28(25-31(30)26-37)16-13-20-33-27(3)15-12-18-29(33)17-10-11-21-34(35)36-4/h10-12,15,18,21,25,32H,4-9,13-14,16-17,19-20,22-24,26,35H2,1-3H3/b11-10-,34-21-. The van der Waals surface area contributed by atoms with Crippen LogP contribution in [0.4, 0.5) is 0 Å². The monoisotopic (exact) mass is 501 g/mol. The SMILES string of the molecule is C=N/C(N)=C\C=C/Cc1cccc(C)c1CCCC1=CC2=C(CCN(C(CCC)CCCCCC)C2)C1. The molecule has 1 heterocycles. The van der Waals surface area contributed by atoms with Gasteiger partial charge in [-0.2, -0.15) is 0 Å². The lowest BCUT2D eigenvalue weighted by Gasteiger charge is -2.35. The lowest BCUT2D eigenvalue weighted by molar-refractivity contribution is 0.182. The molecule has 1 aliphatic carbocycles. The van der Waals surface area contributed by atoms with Crippen molar-refractivity contribution in [3.05, 3.63) is 81.7 Å². The second-order valence-corrected chi connectivity index (χ2v) is 11.1. The molecule has 0 amide bonds. The Hall–Kier alpha value is -2.39. The van der Waals surface area contributed by atoms with Crippen molar-refractivity contribution in [3.8, 4) is 0 Å². The maximum Gasteiger partial charge on any atom is 0.122 e. The topological polar surface area (TPSA) is 41.6 Å². The fraction of sp³-hybridized carbons (Fsp3) is 0.559. The summed E-state index contributed by atoms with van der Waals surface area (Å²) in [6.45, 7) is 12.8. The van der Waals surface area contributed by atoms with Gasteiger partial charge >= 0.3 is 0 Å². The fourth-order valence-electron chi connectivity index (χ4n) is 6.11. The van der Waals surface area contributed by atoms with Gasteiger partial charge in [-0.3, -0.25) is 4.90 Å². The maximum atomic E-state index is 5.71. The predicted octanol–water partition coefficient (Wildman–Crippen LogP) is 8.39. The lowest BCUT2D eigenvalue weighted by atomic mass is 9.93. The Labute approximate surface area is 227 Å². The first-order valence-corrected chi connectivity index (χ1v) is 14.9. The van der Waals surface area contributed by atoms with Crippen LogP contribution >= 0.6 is 0 Å². The Kier molecular flexibility index (Phi) is 12.4. The van der Waals surface area contributed by atoms with Gasteiger partial charge in [0.15, 0.2) is 0 Å². The summed E-state index contributed by atoms with van der Waals surface area (Å²) in [5.41, 5.74) is 15.1. The highest BCUT2D eigenvalue weighted by Gasteiger charge is 2.26. The summed E-state index contributed by atoms with van der Waals surface area (Å²) in [7, 11) is 0. The van der Waals surface area contributed by atoms with Crippen molar-refractivity contribution in [1.82, 2.24) is 4.90 Å². The van der Waals surface area contributed by atoms with Crippen LogP contribution in [0.15, 0.2) is 70.0 Å². The van der Waals surface area contributed by atoms with Gasteiger partial charge in [-0.05, 0) is 93.3 Å². The number of allylic oxidation sites excluding steroid dienone is 4. The summed E-state index contributed by atoms with van der Waals surface area (Å²) in [5, 5.41) is 0. The van der Waals surface area contributed by atoms with E-state index in [1.165, 1.54) is 100 Å². The largest absolute Gasteiger partial charge is 0.384 e. The average molecular weight is 502 g/mol. The van der Waals surface area contributed by atoms with Gasteiger partial charge < -0.3 is 5.73 Å². The summed E-state index contributed by atoms with van der Waals surface area (Å²) in [6, 6.07) is 7.48. The number of hydrogen-bond donors (Lipinski definition) is 1. The van der Waals surface area contributed by atoms with Crippen molar-refractivity contribution in [1.29, 1.82) is 0 Å². The Morgan fingerprint density at radius 2 is 1.97 bits per heavy atom. The molecule has 3 rings (SSSR count). The van der Waals surface area contributed by atoms with E-state index >= 15 is 0 Å². The van der Waals surface area contributed by atoms with Gasteiger partial charge in [-0.1, -0.05) is 93.5 Å². The van der Waals surface area contributed by atoms with E-state index in [-0.39, 0.29) is 0 Å². The van der Waals surface area contributed by atoms with E-state index in [4.69, 9.17) is 5.73 Å². The van der Waals surface area contributed by atoms with Gasteiger partial charge in [0.05, 0.1) is 0 Å². The summed E-state index contributed by atoms with van der Waals surface area (Å²) in [4.78, 5) is 6.55. The molecule has 1 aromatic carbocycles. The van der Waals surface area contributed by atoms with Crippen LogP contribution in [0, 0.1) is 6.92 Å². The predicted molar refractivity (Wildman–Crippen MR) is 162 cm³/mol. The van der Waals surface area contributed by atoms with Crippen LogP contribution < -0.4 is 5.73 Å². The molecule has 1 atom stereocenters. The van der Waals surface area contributed by atoms with Crippen LogP contribution in [0.2, 0.25) is 0 Å². The second kappa shape index (κ2) is 15.8. The van der Waals surface area contributed by atoms with Crippen molar-refractivity contribution < 1.29 is 0 Å². The third-order valence-corrected chi connectivity index (χ3v) is 8.23. The third-order valence-electron chi connectivity index (χ3n) is 8.23. The number of hydrogen-bond acceptors (Lipinski definition) is 3. The van der Waals surface area contributed by atoms with Crippen LogP contribution in [0.1, 0.15) is 101 Å². The van der Waals surface area contributed by atoms with Crippen molar-refractivity contribution in [2.75, 3.05) is 13.1 Å². The van der Waals surface area contributed by atoms with E-state index < -0.39 is 0 Å². The highest BCUT2D eigenvalue weighted by atomic mass is 15.2. The molecule has 0 aromatic heterocycles. The highest BCUT2D eigenvalue weighted by Crippen LogP contribution is 2.35. The molecule has 37 heavy (non-hydrogen) atoms. The van der Waals surface area contributed by atoms with Crippen LogP contribution in [-0.2, 0) is 12.8 Å². The first-order chi connectivity index (χ1) is 18.0. The maximum absolute atomic E-state index is 5.71. The van der Waals surface area contributed by atoms with Crippen molar-refractivity contribution in [2.45, 2.75) is 110 Å². The molecule has 2 aliphatic rings. The average Bonchev–Trinajstić information content (AvgIpc) is 3.31. The Morgan fingerprint density at radius 1 is 1.11 bits per heavy atom. The summed E-state index contributed by atoms with van der Waals surface area (Å²) < 4.78 is 0. The highest BCUT2D eigenvalue weighted by molar-refractivity contribution is 5.42. The molecule has 0 radical (unpaired) electrons. The van der Waals surface area contributed by atoms with Gasteiger partial charge in [0, 0.05) is 19.1 Å². The van der Waals surface area contributed by atoms with Crippen LogP contribution in [0.25, 0.3) is 0 Å². The quantitative estimate of drug-likeness (QED) is 0.140. The van der Waals surface area contributed by atoms with Crippen LogP contribution in [-0.4, -0.2) is 30.7 Å². The van der Waals surface area contributed by atoms with Gasteiger partial charge in [0.2, 0.25) is 0 Å². The molecular weight excluding hydrogens is 450 g/mol. The lowest BCUT2D eigenvalue weighted by Crippen LogP contribution is -2.39. The first-order valence-electron chi connectivity index (χ1n) is 14.9. The molecular formula is C34H51N3. The zero-order valence-electron chi connectivity index (χ0n) is 23.9. The van der Waals surface area contributed by atoms with Crippen molar-refractivity contribution in [2.24, 2.45) is 10.7 Å². The number of aliphatic imine (C=N–C) groups is 1. The van der Waals surface area contributed by atoms with E-state index in [1.54, 1.807) is 16.7 Å². The van der Waals surface area contributed by atoms with Gasteiger partial charge in [0.25, 0.3) is 0 Å². The molecule has 0 fully saturated rings. The fourth-order valence-corrected chi connectivity index (χ4v) is 6.11. The van der Waals surface area contributed by atoms with Crippen LogP contribution in [0.5, 0.6) is 0 Å². The minimum absolute atomic E-state index is 0.456. The van der Waals surface area contributed by atoms with Crippen LogP contribution in [0.3, 0.4) is 0 Å². The molecule has 0 saturated heterocycles. The van der Waals surface area contributed by atoms with E-state index in [2.05, 4.69) is 67.7 Å². The molecule has 3 heteroatoms. The molecule has 0 spiro atoms. The Morgan fingerprint density at radius 3 is 2.76 bits per heavy atom. The Bertz CT molecular complexity index is 994.